The number of aryl methyl sites for hydroxylation is 1. The van der Waals surface area contributed by atoms with Crippen LogP contribution >= 0.6 is 0 Å². The number of benzene rings is 1. The Balaban J connectivity index is 1.33. The zero-order valence-electron chi connectivity index (χ0n) is 14.2. The molecule has 1 aromatic rings. The van der Waals surface area contributed by atoms with Crippen LogP contribution in [0.25, 0.3) is 0 Å². The van der Waals surface area contributed by atoms with Crippen molar-refractivity contribution in [3.05, 3.63) is 29.8 Å². The van der Waals surface area contributed by atoms with Crippen LogP contribution < -0.4 is 10.1 Å². The van der Waals surface area contributed by atoms with E-state index in [4.69, 9.17) is 9.47 Å². The van der Waals surface area contributed by atoms with Gasteiger partial charge < -0.3 is 14.8 Å². The highest BCUT2D eigenvalue weighted by molar-refractivity contribution is 5.78. The van der Waals surface area contributed by atoms with E-state index >= 15 is 0 Å². The molecular formula is C19H26N2O3. The number of ether oxygens (including phenoxy) is 2. The number of hydrogen-bond acceptors (Lipinski definition) is 4. The Labute approximate surface area is 143 Å². The third-order valence-electron chi connectivity index (χ3n) is 5.63. The predicted molar refractivity (Wildman–Crippen MR) is 91.0 cm³/mol. The third-order valence-corrected chi connectivity index (χ3v) is 5.63. The third kappa shape index (κ3) is 3.03. The van der Waals surface area contributed by atoms with Gasteiger partial charge in [0.25, 0.3) is 5.91 Å². The van der Waals surface area contributed by atoms with Crippen molar-refractivity contribution in [2.24, 2.45) is 5.92 Å². The molecule has 5 heteroatoms. The van der Waals surface area contributed by atoms with Crippen molar-refractivity contribution >= 4 is 5.91 Å². The summed E-state index contributed by atoms with van der Waals surface area (Å²) in [6, 6.07) is 8.35. The maximum absolute atomic E-state index is 12.3. The smallest absolute Gasteiger partial charge is 0.258 e. The lowest BCUT2D eigenvalue weighted by Crippen LogP contribution is -2.70. The largest absolute Gasteiger partial charge is 0.484 e. The van der Waals surface area contributed by atoms with Gasteiger partial charge in [-0.15, -0.1) is 0 Å². The Morgan fingerprint density at radius 2 is 2.04 bits per heavy atom. The molecule has 3 aliphatic rings. The van der Waals surface area contributed by atoms with E-state index in [0.717, 1.165) is 31.9 Å². The van der Waals surface area contributed by atoms with Gasteiger partial charge in [-0.1, -0.05) is 17.7 Å². The highest BCUT2D eigenvalue weighted by Crippen LogP contribution is 2.42. The summed E-state index contributed by atoms with van der Waals surface area (Å²) in [5.74, 6) is 1.18. The summed E-state index contributed by atoms with van der Waals surface area (Å²) in [7, 11) is 0. The lowest BCUT2D eigenvalue weighted by Gasteiger charge is -2.51. The van der Waals surface area contributed by atoms with Gasteiger partial charge >= 0.3 is 0 Å². The fraction of sp³-hybridized carbons (Fsp3) is 0.632. The number of fused-ring (bicyclic) bond motifs is 1. The number of likely N-dealkylation sites (tertiary alicyclic amines) is 1. The Hall–Kier alpha value is -1.59. The zero-order valence-corrected chi connectivity index (χ0v) is 14.2. The predicted octanol–water partition coefficient (Wildman–Crippen LogP) is 1.74. The lowest BCUT2D eigenvalue weighted by molar-refractivity contribution is -0.130. The quantitative estimate of drug-likeness (QED) is 0.893. The molecule has 0 spiro atoms. The van der Waals surface area contributed by atoms with E-state index in [1.165, 1.54) is 18.4 Å². The topological polar surface area (TPSA) is 50.8 Å². The van der Waals surface area contributed by atoms with Gasteiger partial charge in [-0.05, 0) is 51.4 Å². The maximum Gasteiger partial charge on any atom is 0.258 e. The standard InChI is InChI=1S/C19H26N2O3/c1-13-4-6-14(7-5-13)24-12-16(22)20-17-15-8-11-23-19(15)18(17)21-9-2-3-10-21/h4-7,15,17-19H,2-3,8-12H2,1H3,(H,20,22)/t15-,17+,18-,19-/m1/s1. The number of rotatable bonds is 5. The van der Waals surface area contributed by atoms with Crippen LogP contribution in [-0.4, -0.2) is 55.3 Å². The van der Waals surface area contributed by atoms with Crippen LogP contribution in [-0.2, 0) is 9.53 Å². The second-order valence-corrected chi connectivity index (χ2v) is 7.22. The average molecular weight is 330 g/mol. The molecule has 3 fully saturated rings. The molecule has 1 aliphatic carbocycles. The van der Waals surface area contributed by atoms with Crippen molar-refractivity contribution in [1.82, 2.24) is 10.2 Å². The molecule has 1 saturated carbocycles. The highest BCUT2D eigenvalue weighted by atomic mass is 16.5. The van der Waals surface area contributed by atoms with Crippen molar-refractivity contribution < 1.29 is 14.3 Å². The van der Waals surface area contributed by atoms with Gasteiger partial charge in [0.05, 0.1) is 18.2 Å². The van der Waals surface area contributed by atoms with Crippen LogP contribution in [0.15, 0.2) is 24.3 Å². The monoisotopic (exact) mass is 330 g/mol. The molecule has 0 radical (unpaired) electrons. The first-order valence-electron chi connectivity index (χ1n) is 9.07. The van der Waals surface area contributed by atoms with Gasteiger partial charge in [0.1, 0.15) is 5.75 Å². The van der Waals surface area contributed by atoms with E-state index in [2.05, 4.69) is 10.2 Å². The van der Waals surface area contributed by atoms with E-state index in [9.17, 15) is 4.79 Å². The molecule has 0 aromatic heterocycles. The van der Waals surface area contributed by atoms with Crippen LogP contribution in [0.5, 0.6) is 5.75 Å². The van der Waals surface area contributed by atoms with Gasteiger partial charge in [0, 0.05) is 12.5 Å². The molecule has 4 atom stereocenters. The molecular weight excluding hydrogens is 304 g/mol. The summed E-state index contributed by atoms with van der Waals surface area (Å²) in [6.45, 7) is 5.19. The van der Waals surface area contributed by atoms with Gasteiger partial charge in [-0.3, -0.25) is 9.69 Å². The highest BCUT2D eigenvalue weighted by Gasteiger charge is 2.56. The minimum atomic E-state index is -0.0323. The summed E-state index contributed by atoms with van der Waals surface area (Å²) in [5.41, 5.74) is 1.18. The number of hydrogen-bond donors (Lipinski definition) is 1. The summed E-state index contributed by atoms with van der Waals surface area (Å²) in [6.07, 6.45) is 3.88. The zero-order chi connectivity index (χ0) is 16.5. The second kappa shape index (κ2) is 6.73. The van der Waals surface area contributed by atoms with E-state index in [-0.39, 0.29) is 18.6 Å². The molecule has 1 aromatic carbocycles. The molecule has 4 rings (SSSR count). The van der Waals surface area contributed by atoms with Crippen molar-refractivity contribution in [2.45, 2.75) is 44.4 Å². The first-order chi connectivity index (χ1) is 11.7. The summed E-state index contributed by atoms with van der Waals surface area (Å²) in [5, 5.41) is 3.21. The van der Waals surface area contributed by atoms with Crippen LogP contribution in [0.1, 0.15) is 24.8 Å². The van der Waals surface area contributed by atoms with Crippen molar-refractivity contribution in [1.29, 1.82) is 0 Å². The number of nitrogens with one attached hydrogen (secondary N) is 1. The van der Waals surface area contributed by atoms with Gasteiger partial charge in [0.2, 0.25) is 0 Å². The Kier molecular flexibility index (Phi) is 4.46. The van der Waals surface area contributed by atoms with Gasteiger partial charge in [-0.25, -0.2) is 0 Å². The average Bonchev–Trinajstić information content (AvgIpc) is 3.23. The number of carbonyl (C=O) groups is 1. The van der Waals surface area contributed by atoms with Crippen LogP contribution in [0, 0.1) is 12.8 Å². The fourth-order valence-corrected chi connectivity index (χ4v) is 4.35. The normalized spacial score (nSPS) is 32.2. The van der Waals surface area contributed by atoms with Crippen molar-refractivity contribution in [2.75, 3.05) is 26.3 Å². The van der Waals surface area contributed by atoms with Crippen LogP contribution in [0.4, 0.5) is 0 Å². The molecule has 0 bridgehead atoms. The summed E-state index contributed by atoms with van der Waals surface area (Å²) in [4.78, 5) is 14.8. The Bertz CT molecular complexity index is 578. The summed E-state index contributed by atoms with van der Waals surface area (Å²) >= 11 is 0. The lowest BCUT2D eigenvalue weighted by atomic mass is 9.70. The van der Waals surface area contributed by atoms with Gasteiger partial charge in [0.15, 0.2) is 6.61 Å². The molecule has 130 valence electrons. The molecule has 1 N–H and O–H groups in total. The van der Waals surface area contributed by atoms with E-state index in [0.29, 0.717) is 18.1 Å². The fourth-order valence-electron chi connectivity index (χ4n) is 4.35. The van der Waals surface area contributed by atoms with Crippen LogP contribution in [0.2, 0.25) is 0 Å². The molecule has 2 saturated heterocycles. The number of nitrogens with zero attached hydrogens (tertiary/aromatic N) is 1. The minimum Gasteiger partial charge on any atom is -0.484 e. The minimum absolute atomic E-state index is 0.0323. The molecule has 5 nitrogen and oxygen atoms in total. The van der Waals surface area contributed by atoms with Crippen LogP contribution in [0.3, 0.4) is 0 Å². The Morgan fingerprint density at radius 3 is 2.79 bits per heavy atom. The summed E-state index contributed by atoms with van der Waals surface area (Å²) < 4.78 is 11.5. The maximum atomic E-state index is 12.3. The van der Waals surface area contributed by atoms with E-state index < -0.39 is 0 Å². The first-order valence-corrected chi connectivity index (χ1v) is 9.07. The number of amides is 1. The van der Waals surface area contributed by atoms with Crippen molar-refractivity contribution in [3.63, 3.8) is 0 Å². The number of carbonyl (C=O) groups excluding carboxylic acids is 1. The van der Waals surface area contributed by atoms with Gasteiger partial charge in [-0.2, -0.15) is 0 Å². The van der Waals surface area contributed by atoms with E-state index in [1.807, 2.05) is 31.2 Å². The van der Waals surface area contributed by atoms with Crippen molar-refractivity contribution in [3.8, 4) is 5.75 Å². The second-order valence-electron chi connectivity index (χ2n) is 7.22. The van der Waals surface area contributed by atoms with E-state index in [1.54, 1.807) is 0 Å². The molecule has 2 heterocycles. The first kappa shape index (κ1) is 15.9. The molecule has 0 unspecified atom stereocenters. The Morgan fingerprint density at radius 1 is 1.29 bits per heavy atom. The SMILES string of the molecule is Cc1ccc(OCC(=O)N[C@H]2[C@H]3CCO[C@H]3[C@@H]2N2CCCC2)cc1. The molecule has 2 aliphatic heterocycles. The molecule has 1 amide bonds. The molecule has 24 heavy (non-hydrogen) atoms.